The van der Waals surface area contributed by atoms with Crippen LogP contribution in [0.15, 0.2) is 59.5 Å². The molecule has 5 heteroatoms. The van der Waals surface area contributed by atoms with Crippen molar-refractivity contribution in [3.05, 3.63) is 60.2 Å². The third-order valence-corrected chi connectivity index (χ3v) is 3.72. The smallest absolute Gasteiger partial charge is 0.337 e. The second kappa shape index (κ2) is 6.86. The second-order valence-electron chi connectivity index (χ2n) is 3.94. The molecule has 0 saturated heterocycles. The van der Waals surface area contributed by atoms with Crippen molar-refractivity contribution < 1.29 is 18.5 Å². The zero-order valence-corrected chi connectivity index (χ0v) is 11.8. The Balaban J connectivity index is 2.01. The number of methoxy groups -OCH3 is 1. The Hall–Kier alpha value is -2.14. The Kier molecular flexibility index (Phi) is 4.90. The first kappa shape index (κ1) is 14.3. The van der Waals surface area contributed by atoms with Crippen molar-refractivity contribution in [1.29, 1.82) is 0 Å². The van der Waals surface area contributed by atoms with Gasteiger partial charge in [0.05, 0.1) is 23.5 Å². The summed E-state index contributed by atoms with van der Waals surface area (Å²) in [5, 5.41) is 0. The van der Waals surface area contributed by atoms with E-state index in [1.54, 1.807) is 36.4 Å². The predicted octanol–water partition coefficient (Wildman–Crippen LogP) is 2.62. The summed E-state index contributed by atoms with van der Waals surface area (Å²) >= 11 is 0. The molecular formula is C15H14O4S. The Morgan fingerprint density at radius 1 is 1.10 bits per heavy atom. The number of rotatable bonds is 5. The van der Waals surface area contributed by atoms with E-state index in [4.69, 9.17) is 4.74 Å². The first-order valence-electron chi connectivity index (χ1n) is 5.95. The van der Waals surface area contributed by atoms with E-state index in [1.165, 1.54) is 7.11 Å². The minimum Gasteiger partial charge on any atom is -0.480 e. The van der Waals surface area contributed by atoms with Crippen LogP contribution in [0.3, 0.4) is 0 Å². The van der Waals surface area contributed by atoms with Crippen molar-refractivity contribution in [2.45, 2.75) is 4.90 Å². The van der Waals surface area contributed by atoms with Crippen LogP contribution in [0.5, 0.6) is 5.75 Å². The van der Waals surface area contributed by atoms with E-state index in [0.717, 1.165) is 0 Å². The third kappa shape index (κ3) is 3.68. The average molecular weight is 290 g/mol. The van der Waals surface area contributed by atoms with Gasteiger partial charge >= 0.3 is 5.97 Å². The van der Waals surface area contributed by atoms with E-state index in [-0.39, 0.29) is 5.94 Å². The zero-order chi connectivity index (χ0) is 14.4. The van der Waals surface area contributed by atoms with Gasteiger partial charge in [0.25, 0.3) is 0 Å². The predicted molar refractivity (Wildman–Crippen MR) is 76.1 cm³/mol. The number of esters is 1. The van der Waals surface area contributed by atoms with Gasteiger partial charge in [-0.3, -0.25) is 4.21 Å². The number of ether oxygens (including phenoxy) is 2. The van der Waals surface area contributed by atoms with Crippen molar-refractivity contribution in [3.8, 4) is 5.75 Å². The maximum Gasteiger partial charge on any atom is 0.337 e. The summed E-state index contributed by atoms with van der Waals surface area (Å²) in [6.45, 7) is 0. The van der Waals surface area contributed by atoms with Crippen LogP contribution in [0, 0.1) is 0 Å². The number of carbonyl (C=O) groups excluding carboxylic acids is 1. The highest BCUT2D eigenvalue weighted by Gasteiger charge is 2.08. The minimum absolute atomic E-state index is 0.0363. The topological polar surface area (TPSA) is 52.6 Å². The molecule has 2 aromatic rings. The Morgan fingerprint density at radius 3 is 2.55 bits per heavy atom. The molecule has 0 amide bonds. The fraction of sp³-hybridized carbons (Fsp3) is 0.133. The largest absolute Gasteiger partial charge is 0.480 e. The van der Waals surface area contributed by atoms with E-state index in [2.05, 4.69) is 4.74 Å². The fourth-order valence-corrected chi connectivity index (χ4v) is 2.43. The molecule has 2 rings (SSSR count). The van der Waals surface area contributed by atoms with Crippen LogP contribution in [0.4, 0.5) is 0 Å². The van der Waals surface area contributed by atoms with Crippen LogP contribution in [0.1, 0.15) is 10.4 Å². The molecule has 1 unspecified atom stereocenters. The van der Waals surface area contributed by atoms with E-state index < -0.39 is 16.8 Å². The van der Waals surface area contributed by atoms with Crippen LogP contribution in [0.25, 0.3) is 0 Å². The number of hydrogen-bond acceptors (Lipinski definition) is 4. The van der Waals surface area contributed by atoms with Crippen molar-refractivity contribution in [1.82, 2.24) is 0 Å². The number of hydrogen-bond donors (Lipinski definition) is 0. The van der Waals surface area contributed by atoms with Gasteiger partial charge in [-0.25, -0.2) is 4.79 Å². The van der Waals surface area contributed by atoms with Gasteiger partial charge in [-0.15, -0.1) is 0 Å². The van der Waals surface area contributed by atoms with Crippen molar-refractivity contribution in [2.75, 3.05) is 13.0 Å². The molecule has 0 aliphatic rings. The zero-order valence-electron chi connectivity index (χ0n) is 10.9. The van der Waals surface area contributed by atoms with E-state index in [1.807, 2.05) is 18.2 Å². The Bertz CT molecular complexity index is 610. The lowest BCUT2D eigenvalue weighted by atomic mass is 10.2. The van der Waals surface area contributed by atoms with Crippen molar-refractivity contribution in [2.24, 2.45) is 0 Å². The molecule has 4 nitrogen and oxygen atoms in total. The summed E-state index contributed by atoms with van der Waals surface area (Å²) in [5.41, 5.74) is 0.399. The molecular weight excluding hydrogens is 276 g/mol. The monoisotopic (exact) mass is 290 g/mol. The molecule has 0 bridgehead atoms. The first-order chi connectivity index (χ1) is 9.70. The molecule has 0 heterocycles. The summed E-state index contributed by atoms with van der Waals surface area (Å²) in [6.07, 6.45) is 0. The van der Waals surface area contributed by atoms with Gasteiger partial charge in [0, 0.05) is 4.90 Å². The molecule has 0 radical (unpaired) electrons. The molecule has 0 saturated carbocycles. The quantitative estimate of drug-likeness (QED) is 0.794. The van der Waals surface area contributed by atoms with Crippen LogP contribution >= 0.6 is 0 Å². The molecule has 0 fully saturated rings. The lowest BCUT2D eigenvalue weighted by Crippen LogP contribution is -2.06. The summed E-state index contributed by atoms with van der Waals surface area (Å²) in [7, 11) is 0.0784. The lowest BCUT2D eigenvalue weighted by Gasteiger charge is -2.07. The fourth-order valence-electron chi connectivity index (χ4n) is 1.59. The highest BCUT2D eigenvalue weighted by atomic mass is 32.2. The average Bonchev–Trinajstić information content (AvgIpc) is 2.53. The summed E-state index contributed by atoms with van der Waals surface area (Å²) in [5.74, 6) is 0.0890. The molecule has 104 valence electrons. The van der Waals surface area contributed by atoms with Crippen LogP contribution in [-0.4, -0.2) is 23.2 Å². The third-order valence-electron chi connectivity index (χ3n) is 2.59. The van der Waals surface area contributed by atoms with E-state index in [0.29, 0.717) is 16.2 Å². The lowest BCUT2D eigenvalue weighted by molar-refractivity contribution is 0.0600. The summed E-state index contributed by atoms with van der Waals surface area (Å²) in [4.78, 5) is 12.1. The molecule has 0 spiro atoms. The van der Waals surface area contributed by atoms with Gasteiger partial charge in [-0.1, -0.05) is 24.3 Å². The molecule has 0 N–H and O–H groups in total. The first-order valence-corrected chi connectivity index (χ1v) is 7.27. The molecule has 0 aromatic heterocycles. The van der Waals surface area contributed by atoms with E-state index in [9.17, 15) is 9.00 Å². The SMILES string of the molecule is COC(=O)c1cccc(OCS(=O)c2ccccc2)c1. The van der Waals surface area contributed by atoms with Crippen LogP contribution in [-0.2, 0) is 15.5 Å². The summed E-state index contributed by atoms with van der Waals surface area (Å²) < 4.78 is 22.1. The van der Waals surface area contributed by atoms with Gasteiger partial charge < -0.3 is 9.47 Å². The number of carbonyl (C=O) groups is 1. The van der Waals surface area contributed by atoms with Gasteiger partial charge in [0.15, 0.2) is 5.94 Å². The second-order valence-corrected chi connectivity index (χ2v) is 5.34. The highest BCUT2D eigenvalue weighted by molar-refractivity contribution is 7.84. The normalized spacial score (nSPS) is 11.7. The Morgan fingerprint density at radius 2 is 1.85 bits per heavy atom. The molecule has 2 aromatic carbocycles. The maximum absolute atomic E-state index is 12.0. The Labute approximate surface area is 119 Å². The van der Waals surface area contributed by atoms with Crippen LogP contribution in [0.2, 0.25) is 0 Å². The van der Waals surface area contributed by atoms with Crippen molar-refractivity contribution >= 4 is 16.8 Å². The maximum atomic E-state index is 12.0. The van der Waals surface area contributed by atoms with Crippen molar-refractivity contribution in [3.63, 3.8) is 0 Å². The molecule has 20 heavy (non-hydrogen) atoms. The molecule has 0 aliphatic carbocycles. The molecule has 1 atom stereocenters. The van der Waals surface area contributed by atoms with Gasteiger partial charge in [0.1, 0.15) is 5.75 Å². The summed E-state index contributed by atoms with van der Waals surface area (Å²) in [6, 6.07) is 15.7. The van der Waals surface area contributed by atoms with Gasteiger partial charge in [0.2, 0.25) is 0 Å². The molecule has 0 aliphatic heterocycles. The van der Waals surface area contributed by atoms with Gasteiger partial charge in [-0.2, -0.15) is 0 Å². The minimum atomic E-state index is -1.24. The highest BCUT2D eigenvalue weighted by Crippen LogP contribution is 2.15. The van der Waals surface area contributed by atoms with E-state index >= 15 is 0 Å². The van der Waals surface area contributed by atoms with Crippen LogP contribution < -0.4 is 4.74 Å². The number of benzene rings is 2. The standard InChI is InChI=1S/C15H14O4S/c1-18-15(16)12-6-5-7-13(10-12)19-11-20(17)14-8-3-2-4-9-14/h2-10H,11H2,1H3. The van der Waals surface area contributed by atoms with Gasteiger partial charge in [-0.05, 0) is 30.3 Å².